The zero-order chi connectivity index (χ0) is 11.3. The van der Waals surface area contributed by atoms with Crippen LogP contribution in [0.15, 0.2) is 12.2 Å². The third-order valence-electron chi connectivity index (χ3n) is 2.08. The zero-order valence-electron chi connectivity index (χ0n) is 9.49. The number of esters is 1. The lowest BCUT2D eigenvalue weighted by atomic mass is 10.1. The third kappa shape index (κ3) is 4.44. The van der Waals surface area contributed by atoms with Crippen LogP contribution in [0.1, 0.15) is 20.8 Å². The molecule has 0 aromatic heterocycles. The first-order chi connectivity index (χ1) is 7.03. The highest BCUT2D eigenvalue weighted by molar-refractivity contribution is 5.81. The molecule has 0 aliphatic carbocycles. The molecule has 0 unspecified atom stereocenters. The first-order valence-corrected chi connectivity index (χ1v) is 5.16. The molecule has 0 bridgehead atoms. The molecule has 1 saturated heterocycles. The van der Waals surface area contributed by atoms with Crippen molar-refractivity contribution in [3.63, 3.8) is 0 Å². The lowest BCUT2D eigenvalue weighted by Gasteiger charge is -2.33. The van der Waals surface area contributed by atoms with E-state index in [0.29, 0.717) is 19.8 Å². The predicted molar refractivity (Wildman–Crippen MR) is 55.2 cm³/mol. The van der Waals surface area contributed by atoms with E-state index in [-0.39, 0.29) is 11.9 Å². The Morgan fingerprint density at radius 3 is 2.60 bits per heavy atom. The van der Waals surface area contributed by atoms with E-state index < -0.39 is 5.79 Å². The maximum absolute atomic E-state index is 11.0. The van der Waals surface area contributed by atoms with Crippen LogP contribution in [0.3, 0.4) is 0 Å². The summed E-state index contributed by atoms with van der Waals surface area (Å²) in [5, 5.41) is 0. The van der Waals surface area contributed by atoms with E-state index >= 15 is 0 Å². The maximum Gasteiger partial charge on any atom is 0.330 e. The van der Waals surface area contributed by atoms with Crippen molar-refractivity contribution in [2.24, 2.45) is 5.92 Å². The van der Waals surface area contributed by atoms with Crippen molar-refractivity contribution in [2.75, 3.05) is 19.8 Å². The molecule has 1 rings (SSSR count). The fraction of sp³-hybridized carbons (Fsp3) is 0.727. The maximum atomic E-state index is 11.0. The van der Waals surface area contributed by atoms with Crippen LogP contribution in [-0.4, -0.2) is 31.6 Å². The molecule has 1 heterocycles. The van der Waals surface area contributed by atoms with E-state index in [1.807, 2.05) is 13.8 Å². The van der Waals surface area contributed by atoms with Crippen molar-refractivity contribution in [1.29, 1.82) is 0 Å². The molecular formula is C11H18O4. The molecule has 0 atom stereocenters. The second-order valence-electron chi connectivity index (χ2n) is 3.89. The summed E-state index contributed by atoms with van der Waals surface area (Å²) in [6, 6.07) is 0. The highest BCUT2D eigenvalue weighted by Crippen LogP contribution is 2.20. The number of hydrogen-bond acceptors (Lipinski definition) is 4. The van der Waals surface area contributed by atoms with Gasteiger partial charge in [0.05, 0.1) is 19.8 Å². The highest BCUT2D eigenvalue weighted by atomic mass is 16.7. The second kappa shape index (κ2) is 5.28. The Morgan fingerprint density at radius 2 is 2.07 bits per heavy atom. The molecule has 0 aromatic rings. The minimum absolute atomic E-state index is 0.127. The molecule has 0 N–H and O–H groups in total. The van der Waals surface area contributed by atoms with Gasteiger partial charge >= 0.3 is 5.97 Å². The SMILES string of the molecule is CCOC(=O)/C=C/C1COC(C)(C)OC1. The zero-order valence-corrected chi connectivity index (χ0v) is 9.49. The van der Waals surface area contributed by atoms with Gasteiger partial charge in [-0.05, 0) is 20.8 Å². The second-order valence-corrected chi connectivity index (χ2v) is 3.89. The van der Waals surface area contributed by atoms with Gasteiger partial charge in [-0.25, -0.2) is 4.79 Å². The Balaban J connectivity index is 2.32. The quantitative estimate of drug-likeness (QED) is 0.527. The Bertz CT molecular complexity index is 235. The summed E-state index contributed by atoms with van der Waals surface area (Å²) < 4.78 is 15.7. The third-order valence-corrected chi connectivity index (χ3v) is 2.08. The van der Waals surface area contributed by atoms with Gasteiger partial charge in [-0.3, -0.25) is 0 Å². The average Bonchev–Trinajstić information content (AvgIpc) is 2.17. The molecule has 1 aliphatic rings. The summed E-state index contributed by atoms with van der Waals surface area (Å²) in [6.07, 6.45) is 3.20. The molecule has 0 amide bonds. The number of ether oxygens (including phenoxy) is 3. The van der Waals surface area contributed by atoms with Crippen LogP contribution in [0.4, 0.5) is 0 Å². The minimum Gasteiger partial charge on any atom is -0.463 e. The fourth-order valence-corrected chi connectivity index (χ4v) is 1.22. The van der Waals surface area contributed by atoms with Crippen molar-refractivity contribution in [1.82, 2.24) is 0 Å². The molecule has 1 fully saturated rings. The van der Waals surface area contributed by atoms with Crippen LogP contribution in [0, 0.1) is 5.92 Å². The van der Waals surface area contributed by atoms with Crippen molar-refractivity contribution in [3.8, 4) is 0 Å². The molecular weight excluding hydrogens is 196 g/mol. The van der Waals surface area contributed by atoms with Crippen LogP contribution in [0.5, 0.6) is 0 Å². The van der Waals surface area contributed by atoms with Crippen molar-refractivity contribution < 1.29 is 19.0 Å². The molecule has 1 aliphatic heterocycles. The summed E-state index contributed by atoms with van der Waals surface area (Å²) in [6.45, 7) is 7.07. The molecule has 0 radical (unpaired) electrons. The van der Waals surface area contributed by atoms with E-state index in [2.05, 4.69) is 0 Å². The van der Waals surface area contributed by atoms with Gasteiger partial charge < -0.3 is 14.2 Å². The van der Waals surface area contributed by atoms with Gasteiger partial charge in [0.2, 0.25) is 0 Å². The number of carbonyl (C=O) groups excluding carboxylic acids is 1. The molecule has 0 spiro atoms. The monoisotopic (exact) mass is 214 g/mol. The predicted octanol–water partition coefficient (Wildman–Crippen LogP) is 1.50. The average molecular weight is 214 g/mol. The van der Waals surface area contributed by atoms with E-state index in [0.717, 1.165) is 0 Å². The van der Waals surface area contributed by atoms with Gasteiger partial charge in [-0.1, -0.05) is 6.08 Å². The van der Waals surface area contributed by atoms with E-state index in [1.54, 1.807) is 13.0 Å². The number of carbonyl (C=O) groups is 1. The van der Waals surface area contributed by atoms with Crippen LogP contribution in [-0.2, 0) is 19.0 Å². The van der Waals surface area contributed by atoms with Crippen molar-refractivity contribution >= 4 is 5.97 Å². The van der Waals surface area contributed by atoms with Gasteiger partial charge in [0.25, 0.3) is 0 Å². The molecule has 4 heteroatoms. The van der Waals surface area contributed by atoms with Gasteiger partial charge in [0, 0.05) is 12.0 Å². The largest absolute Gasteiger partial charge is 0.463 e. The summed E-state index contributed by atoms with van der Waals surface area (Å²) in [4.78, 5) is 11.0. The van der Waals surface area contributed by atoms with Crippen LogP contribution in [0.25, 0.3) is 0 Å². The molecule has 0 saturated carbocycles. The van der Waals surface area contributed by atoms with Crippen molar-refractivity contribution in [2.45, 2.75) is 26.6 Å². The van der Waals surface area contributed by atoms with Crippen LogP contribution >= 0.6 is 0 Å². The molecule has 15 heavy (non-hydrogen) atoms. The van der Waals surface area contributed by atoms with Gasteiger partial charge in [0.1, 0.15) is 0 Å². The van der Waals surface area contributed by atoms with E-state index in [4.69, 9.17) is 14.2 Å². The molecule has 86 valence electrons. The fourth-order valence-electron chi connectivity index (χ4n) is 1.22. The van der Waals surface area contributed by atoms with Crippen molar-refractivity contribution in [3.05, 3.63) is 12.2 Å². The smallest absolute Gasteiger partial charge is 0.330 e. The minimum atomic E-state index is -0.506. The lowest BCUT2D eigenvalue weighted by molar-refractivity contribution is -0.256. The van der Waals surface area contributed by atoms with Gasteiger partial charge in [-0.2, -0.15) is 0 Å². The summed E-state index contributed by atoms with van der Waals surface area (Å²) >= 11 is 0. The topological polar surface area (TPSA) is 44.8 Å². The standard InChI is InChI=1S/C11H18O4/c1-4-13-10(12)6-5-9-7-14-11(2,3)15-8-9/h5-6,9H,4,7-8H2,1-3H3/b6-5+. The Morgan fingerprint density at radius 1 is 1.47 bits per heavy atom. The highest BCUT2D eigenvalue weighted by Gasteiger charge is 2.26. The van der Waals surface area contributed by atoms with E-state index in [9.17, 15) is 4.79 Å². The van der Waals surface area contributed by atoms with Gasteiger partial charge in [-0.15, -0.1) is 0 Å². The normalized spacial score (nSPS) is 21.8. The first-order valence-electron chi connectivity index (χ1n) is 5.16. The lowest BCUT2D eigenvalue weighted by Crippen LogP contribution is -2.38. The number of rotatable bonds is 3. The Hall–Kier alpha value is -0.870. The number of hydrogen-bond donors (Lipinski definition) is 0. The summed E-state index contributed by atoms with van der Waals surface area (Å²) in [5.41, 5.74) is 0. The Kier molecular flexibility index (Phi) is 4.29. The van der Waals surface area contributed by atoms with Crippen LogP contribution < -0.4 is 0 Å². The first kappa shape index (κ1) is 12.2. The Labute approximate surface area is 90.2 Å². The summed E-state index contributed by atoms with van der Waals surface area (Å²) in [5.74, 6) is -0.696. The molecule has 0 aromatic carbocycles. The van der Waals surface area contributed by atoms with Gasteiger partial charge in [0.15, 0.2) is 5.79 Å². The summed E-state index contributed by atoms with van der Waals surface area (Å²) in [7, 11) is 0. The van der Waals surface area contributed by atoms with E-state index in [1.165, 1.54) is 6.08 Å². The van der Waals surface area contributed by atoms with Crippen LogP contribution in [0.2, 0.25) is 0 Å². The molecule has 4 nitrogen and oxygen atoms in total.